The Morgan fingerprint density at radius 2 is 1.78 bits per heavy atom. The lowest BCUT2D eigenvalue weighted by atomic mass is 9.87. The minimum atomic E-state index is -4.54. The fraction of sp³-hybridized carbons (Fsp3) is 0.226. The highest BCUT2D eigenvalue weighted by Crippen LogP contribution is 2.40. The molecule has 1 heterocycles. The van der Waals surface area contributed by atoms with E-state index in [0.717, 1.165) is 6.08 Å². The van der Waals surface area contributed by atoms with Gasteiger partial charge >= 0.3 is 6.18 Å². The van der Waals surface area contributed by atoms with Crippen LogP contribution in [0.3, 0.4) is 0 Å². The van der Waals surface area contributed by atoms with E-state index >= 15 is 0 Å². The molecular formula is C31H30F4N4O2. The van der Waals surface area contributed by atoms with Gasteiger partial charge in [0, 0.05) is 41.3 Å². The van der Waals surface area contributed by atoms with E-state index in [0.29, 0.717) is 28.0 Å². The van der Waals surface area contributed by atoms with Gasteiger partial charge in [-0.05, 0) is 52.1 Å². The maximum atomic E-state index is 14.4. The predicted octanol–water partition coefficient (Wildman–Crippen LogP) is 6.23. The van der Waals surface area contributed by atoms with Crippen LogP contribution in [0.25, 0.3) is 22.0 Å². The van der Waals surface area contributed by atoms with Crippen molar-refractivity contribution in [3.05, 3.63) is 108 Å². The molecule has 0 bridgehead atoms. The molecule has 1 aromatic heterocycles. The molecule has 214 valence electrons. The van der Waals surface area contributed by atoms with E-state index in [1.165, 1.54) is 18.2 Å². The first kappa shape index (κ1) is 22.3. The zero-order valence-electron chi connectivity index (χ0n) is 27.6. The molecule has 3 aromatic carbocycles. The molecule has 0 saturated heterocycles. The van der Waals surface area contributed by atoms with Gasteiger partial charge in [0.15, 0.2) is 0 Å². The molecule has 41 heavy (non-hydrogen) atoms. The Labute approximate surface area is 243 Å². The van der Waals surface area contributed by atoms with Gasteiger partial charge in [0.2, 0.25) is 11.9 Å². The molecule has 0 spiro atoms. The lowest BCUT2D eigenvalue weighted by Crippen LogP contribution is -2.22. The number of aromatic nitrogens is 2. The molecule has 6 nitrogen and oxygen atoms in total. The van der Waals surface area contributed by atoms with Crippen molar-refractivity contribution >= 4 is 28.0 Å². The number of amides is 1. The van der Waals surface area contributed by atoms with Crippen molar-refractivity contribution < 1.29 is 35.3 Å². The number of hydrogen-bond acceptors (Lipinski definition) is 4. The molecule has 0 unspecified atom stereocenters. The summed E-state index contributed by atoms with van der Waals surface area (Å²) < 4.78 is 106. The largest absolute Gasteiger partial charge is 0.492 e. The number of carbonyl (C=O) groups excluding carboxylic acids is 1. The van der Waals surface area contributed by atoms with E-state index in [4.69, 9.17) is 13.0 Å². The Kier molecular flexibility index (Phi) is 7.21. The quantitative estimate of drug-likeness (QED) is 0.0968. The summed E-state index contributed by atoms with van der Waals surface area (Å²) in [7, 11) is 0. The average Bonchev–Trinajstić information content (AvgIpc) is 3.35. The van der Waals surface area contributed by atoms with E-state index in [1.807, 2.05) is 0 Å². The summed E-state index contributed by atoms with van der Waals surface area (Å²) in [6, 6.07) is 19.2. The Balaban J connectivity index is 1.50. The SMILES string of the molecule is [2H]C([2H])([2H])N(C(=O)/C=C/CNCCOc1ccc(/C(=C(/CC(F)(F)F)c2ccccc2)c2ccc3n[nH]c(F)c3c2)cc1)C([2H])([2H])[2H]. The third-order valence-corrected chi connectivity index (χ3v) is 6.03. The number of likely N-dealkylation sites (N-methyl/N-ethyl adjacent to an activating group) is 1. The molecule has 0 aliphatic heterocycles. The molecule has 1 amide bonds. The number of aromatic amines is 1. The normalized spacial score (nSPS) is 15.3. The maximum Gasteiger partial charge on any atom is 0.393 e. The van der Waals surface area contributed by atoms with E-state index in [2.05, 4.69) is 15.5 Å². The number of rotatable bonds is 11. The fourth-order valence-electron chi connectivity index (χ4n) is 4.20. The number of alkyl halides is 3. The fourth-order valence-corrected chi connectivity index (χ4v) is 4.20. The van der Waals surface area contributed by atoms with Gasteiger partial charge in [-0.1, -0.05) is 54.6 Å². The first-order valence-electron chi connectivity index (χ1n) is 15.5. The van der Waals surface area contributed by atoms with E-state index in [1.54, 1.807) is 60.7 Å². The van der Waals surface area contributed by atoms with E-state index in [-0.39, 0.29) is 41.1 Å². The molecule has 0 radical (unpaired) electrons. The van der Waals surface area contributed by atoms with Crippen molar-refractivity contribution in [3.8, 4) is 5.75 Å². The third kappa shape index (κ3) is 8.04. The molecule has 0 atom stereocenters. The Hall–Kier alpha value is -4.44. The number of nitrogens with one attached hydrogen (secondary N) is 2. The Bertz CT molecular complexity index is 1720. The van der Waals surface area contributed by atoms with Gasteiger partial charge in [-0.2, -0.15) is 22.7 Å². The standard InChI is InChI=1S/C31H30F4N4O2/c1-39(2)28(40)9-6-16-36-17-18-41-24-13-10-22(11-14-24)29(23-12-15-27-25(19-23)30(32)38-37-27)26(20-31(33,34)35)21-7-4-3-5-8-21/h3-15,19,36H,16-18,20H2,1-2H3,(H,37,38)/b9-6+,29-26+/i1D3,2D3. The van der Waals surface area contributed by atoms with Crippen LogP contribution in [0.15, 0.2) is 84.9 Å². The number of fused-ring (bicyclic) bond motifs is 1. The van der Waals surface area contributed by atoms with Crippen LogP contribution in [0.1, 0.15) is 31.3 Å². The molecular weight excluding hydrogens is 536 g/mol. The van der Waals surface area contributed by atoms with Crippen molar-refractivity contribution in [2.75, 3.05) is 33.6 Å². The van der Waals surface area contributed by atoms with Crippen molar-refractivity contribution in [3.63, 3.8) is 0 Å². The summed E-state index contributed by atoms with van der Waals surface area (Å²) in [4.78, 5) is 12.0. The summed E-state index contributed by atoms with van der Waals surface area (Å²) in [5.41, 5.74) is 1.77. The average molecular weight is 573 g/mol. The number of H-pyrrole nitrogens is 1. The number of allylic oxidation sites excluding steroid dienone is 1. The van der Waals surface area contributed by atoms with Gasteiger partial charge < -0.3 is 15.0 Å². The van der Waals surface area contributed by atoms with Crippen molar-refractivity contribution in [1.29, 1.82) is 0 Å². The van der Waals surface area contributed by atoms with Crippen LogP contribution in [-0.2, 0) is 4.79 Å². The highest BCUT2D eigenvalue weighted by Gasteiger charge is 2.31. The van der Waals surface area contributed by atoms with Crippen molar-refractivity contribution in [2.24, 2.45) is 0 Å². The monoisotopic (exact) mass is 572 g/mol. The first-order chi connectivity index (χ1) is 22.0. The number of hydrogen-bond donors (Lipinski definition) is 2. The van der Waals surface area contributed by atoms with Gasteiger partial charge in [-0.3, -0.25) is 9.89 Å². The second-order valence-corrected chi connectivity index (χ2v) is 8.93. The number of benzene rings is 3. The van der Waals surface area contributed by atoms with Crippen molar-refractivity contribution in [2.45, 2.75) is 12.6 Å². The number of carbonyl (C=O) groups is 1. The van der Waals surface area contributed by atoms with Crippen LogP contribution in [0.5, 0.6) is 5.75 Å². The van der Waals surface area contributed by atoms with Gasteiger partial charge in [-0.25, -0.2) is 0 Å². The Morgan fingerprint density at radius 3 is 2.49 bits per heavy atom. The third-order valence-electron chi connectivity index (χ3n) is 6.03. The van der Waals surface area contributed by atoms with Gasteiger partial charge in [0.05, 0.1) is 17.3 Å². The van der Waals surface area contributed by atoms with Crippen LogP contribution >= 0.6 is 0 Å². The molecule has 0 aliphatic rings. The minimum absolute atomic E-state index is 0.00612. The molecule has 0 saturated carbocycles. The van der Waals surface area contributed by atoms with Crippen LogP contribution in [-0.4, -0.2) is 60.8 Å². The number of ether oxygens (including phenoxy) is 1. The maximum absolute atomic E-state index is 14.4. The lowest BCUT2D eigenvalue weighted by molar-refractivity contribution is -0.124. The summed E-state index contributed by atoms with van der Waals surface area (Å²) in [5, 5.41) is 9.19. The summed E-state index contributed by atoms with van der Waals surface area (Å²) >= 11 is 0. The van der Waals surface area contributed by atoms with Crippen LogP contribution in [0.2, 0.25) is 0 Å². The van der Waals surface area contributed by atoms with E-state index < -0.39 is 38.4 Å². The van der Waals surface area contributed by atoms with Crippen LogP contribution in [0, 0.1) is 5.95 Å². The molecule has 4 rings (SSSR count). The molecule has 10 heteroatoms. The van der Waals surface area contributed by atoms with Gasteiger partial charge in [0.1, 0.15) is 12.4 Å². The zero-order chi connectivity index (χ0) is 34.4. The van der Waals surface area contributed by atoms with Crippen LogP contribution in [0.4, 0.5) is 17.6 Å². The Morgan fingerprint density at radius 1 is 1.05 bits per heavy atom. The summed E-state index contributed by atoms with van der Waals surface area (Å²) in [6.07, 6.45) is -3.62. The number of nitrogens with zero attached hydrogens (tertiary/aromatic N) is 2. The summed E-state index contributed by atoms with van der Waals surface area (Å²) in [6.45, 7) is -5.71. The summed E-state index contributed by atoms with van der Waals surface area (Å²) in [5.74, 6) is -1.47. The van der Waals surface area contributed by atoms with Crippen LogP contribution < -0.4 is 10.1 Å². The van der Waals surface area contributed by atoms with Crippen molar-refractivity contribution in [1.82, 2.24) is 20.4 Å². The molecule has 2 N–H and O–H groups in total. The highest BCUT2D eigenvalue weighted by atomic mass is 19.4. The second-order valence-electron chi connectivity index (χ2n) is 8.93. The first-order valence-corrected chi connectivity index (χ1v) is 12.5. The second kappa shape index (κ2) is 13.3. The molecule has 0 fully saturated rings. The molecule has 4 aromatic rings. The van der Waals surface area contributed by atoms with Gasteiger partial charge in [0.25, 0.3) is 0 Å². The van der Waals surface area contributed by atoms with Gasteiger partial charge in [-0.15, -0.1) is 0 Å². The predicted molar refractivity (Wildman–Crippen MR) is 152 cm³/mol. The minimum Gasteiger partial charge on any atom is -0.492 e. The molecule has 0 aliphatic carbocycles. The lowest BCUT2D eigenvalue weighted by Gasteiger charge is -2.19. The van der Waals surface area contributed by atoms with E-state index in [9.17, 15) is 22.4 Å². The topological polar surface area (TPSA) is 70.2 Å². The highest BCUT2D eigenvalue weighted by molar-refractivity contribution is 6.00. The number of halogens is 4. The zero-order valence-corrected chi connectivity index (χ0v) is 21.6. The smallest absolute Gasteiger partial charge is 0.393 e.